The maximum atomic E-state index is 10.4. The van der Waals surface area contributed by atoms with Gasteiger partial charge in [-0.1, -0.05) is 24.3 Å². The van der Waals surface area contributed by atoms with Crippen LogP contribution in [0.5, 0.6) is 0 Å². The fourth-order valence-electron chi connectivity index (χ4n) is 2.50. The van der Waals surface area contributed by atoms with Crippen LogP contribution in [0.2, 0.25) is 0 Å². The second-order valence-corrected chi connectivity index (χ2v) is 5.10. The van der Waals surface area contributed by atoms with E-state index in [0.717, 1.165) is 27.7 Å². The van der Waals surface area contributed by atoms with Crippen LogP contribution < -0.4 is 0 Å². The van der Waals surface area contributed by atoms with Crippen molar-refractivity contribution in [1.29, 1.82) is 0 Å². The summed E-state index contributed by atoms with van der Waals surface area (Å²) in [4.78, 5) is 4.13. The van der Waals surface area contributed by atoms with Crippen molar-refractivity contribution in [3.8, 4) is 0 Å². The number of fused-ring (bicyclic) bond motifs is 1. The van der Waals surface area contributed by atoms with Gasteiger partial charge in [-0.05, 0) is 24.1 Å². The summed E-state index contributed by atoms with van der Waals surface area (Å²) in [5.74, 6) is 0. The zero-order valence-corrected chi connectivity index (χ0v) is 11.6. The Morgan fingerprint density at radius 3 is 2.85 bits per heavy atom. The molecule has 1 atom stereocenters. The minimum Gasteiger partial charge on any atom is -0.388 e. The van der Waals surface area contributed by atoms with Crippen molar-refractivity contribution in [2.45, 2.75) is 19.4 Å². The van der Waals surface area contributed by atoms with Crippen molar-refractivity contribution in [1.82, 2.24) is 14.8 Å². The third-order valence-electron chi connectivity index (χ3n) is 3.50. The number of aliphatic hydroxyl groups excluding tert-OH is 1. The predicted octanol–water partition coefficient (Wildman–Crippen LogP) is 2.55. The molecule has 0 radical (unpaired) electrons. The van der Waals surface area contributed by atoms with Crippen molar-refractivity contribution in [2.24, 2.45) is 7.05 Å². The number of hydrogen-bond donors (Lipinski definition) is 1. The monoisotopic (exact) mass is 267 g/mol. The average Bonchev–Trinajstić information content (AvgIpc) is 2.76. The molecule has 2 heterocycles. The van der Waals surface area contributed by atoms with Crippen molar-refractivity contribution in [3.63, 3.8) is 0 Å². The van der Waals surface area contributed by atoms with E-state index in [2.05, 4.69) is 10.1 Å². The van der Waals surface area contributed by atoms with E-state index in [1.807, 2.05) is 49.0 Å². The summed E-state index contributed by atoms with van der Waals surface area (Å²) in [6.45, 7) is 1.97. The molecule has 20 heavy (non-hydrogen) atoms. The number of benzene rings is 1. The summed E-state index contributed by atoms with van der Waals surface area (Å²) in [7, 11) is 1.92. The standard InChI is InChI=1S/C16H17N3O/c1-11-7-12(10-17-9-11)16(20)8-14-13-5-3-4-6-15(13)19(2)18-14/h3-7,9-10,16,20H,8H2,1-2H3. The van der Waals surface area contributed by atoms with E-state index in [4.69, 9.17) is 0 Å². The molecule has 0 fully saturated rings. The van der Waals surface area contributed by atoms with Crippen LogP contribution in [0.3, 0.4) is 0 Å². The van der Waals surface area contributed by atoms with Gasteiger partial charge in [-0.25, -0.2) is 0 Å². The van der Waals surface area contributed by atoms with Crippen molar-refractivity contribution in [2.75, 3.05) is 0 Å². The molecule has 0 saturated carbocycles. The number of para-hydroxylation sites is 1. The molecule has 1 aromatic carbocycles. The summed E-state index contributed by atoms with van der Waals surface area (Å²) in [6.07, 6.45) is 3.41. The second kappa shape index (κ2) is 5.06. The third kappa shape index (κ3) is 2.30. The molecule has 3 aromatic rings. The number of hydrogen-bond acceptors (Lipinski definition) is 3. The molecule has 4 heteroatoms. The van der Waals surface area contributed by atoms with Crippen LogP contribution in [0.4, 0.5) is 0 Å². The SMILES string of the molecule is Cc1cncc(C(O)Cc2nn(C)c3ccccc23)c1. The number of nitrogens with zero attached hydrogens (tertiary/aromatic N) is 3. The van der Waals surface area contributed by atoms with Crippen LogP contribution in [0.25, 0.3) is 10.9 Å². The van der Waals surface area contributed by atoms with E-state index in [1.165, 1.54) is 0 Å². The van der Waals surface area contributed by atoms with Gasteiger partial charge >= 0.3 is 0 Å². The van der Waals surface area contributed by atoms with Gasteiger partial charge in [0, 0.05) is 31.2 Å². The van der Waals surface area contributed by atoms with Crippen molar-refractivity contribution >= 4 is 10.9 Å². The minimum atomic E-state index is -0.583. The summed E-state index contributed by atoms with van der Waals surface area (Å²) < 4.78 is 1.85. The van der Waals surface area contributed by atoms with Crippen LogP contribution in [0.1, 0.15) is 22.9 Å². The van der Waals surface area contributed by atoms with Gasteiger partial charge in [0.25, 0.3) is 0 Å². The number of aromatic nitrogens is 3. The minimum absolute atomic E-state index is 0.493. The van der Waals surface area contributed by atoms with E-state index in [0.29, 0.717) is 6.42 Å². The van der Waals surface area contributed by atoms with Crippen LogP contribution in [-0.2, 0) is 13.5 Å². The van der Waals surface area contributed by atoms with Crippen LogP contribution in [0, 0.1) is 6.92 Å². The lowest BCUT2D eigenvalue weighted by atomic mass is 10.0. The molecule has 2 aromatic heterocycles. The number of aliphatic hydroxyl groups is 1. The summed E-state index contributed by atoms with van der Waals surface area (Å²) in [6, 6.07) is 10.0. The quantitative estimate of drug-likeness (QED) is 0.793. The highest BCUT2D eigenvalue weighted by Gasteiger charge is 2.14. The topological polar surface area (TPSA) is 50.9 Å². The van der Waals surface area contributed by atoms with E-state index < -0.39 is 6.10 Å². The van der Waals surface area contributed by atoms with Crippen LogP contribution in [-0.4, -0.2) is 19.9 Å². The normalized spacial score (nSPS) is 12.8. The molecule has 0 aliphatic rings. The Morgan fingerprint density at radius 1 is 1.25 bits per heavy atom. The first kappa shape index (κ1) is 12.8. The maximum Gasteiger partial charge on any atom is 0.0861 e. The van der Waals surface area contributed by atoms with Crippen LogP contribution >= 0.6 is 0 Å². The number of pyridine rings is 1. The van der Waals surface area contributed by atoms with Gasteiger partial charge in [0.05, 0.1) is 17.3 Å². The highest BCUT2D eigenvalue weighted by molar-refractivity contribution is 5.81. The van der Waals surface area contributed by atoms with E-state index in [1.54, 1.807) is 12.4 Å². The largest absolute Gasteiger partial charge is 0.388 e. The molecule has 0 spiro atoms. The Hall–Kier alpha value is -2.20. The van der Waals surface area contributed by atoms with Gasteiger partial charge in [-0.15, -0.1) is 0 Å². The average molecular weight is 267 g/mol. The fraction of sp³-hybridized carbons (Fsp3) is 0.250. The van der Waals surface area contributed by atoms with Crippen molar-refractivity contribution in [3.05, 3.63) is 59.5 Å². The lowest BCUT2D eigenvalue weighted by molar-refractivity contribution is 0.177. The summed E-state index contributed by atoms with van der Waals surface area (Å²) in [5, 5.41) is 16.0. The Bertz CT molecular complexity index is 748. The summed E-state index contributed by atoms with van der Waals surface area (Å²) >= 11 is 0. The van der Waals surface area contributed by atoms with Gasteiger partial charge in [0.1, 0.15) is 0 Å². The molecule has 1 unspecified atom stereocenters. The molecule has 0 bridgehead atoms. The molecule has 4 nitrogen and oxygen atoms in total. The molecule has 1 N–H and O–H groups in total. The number of aryl methyl sites for hydroxylation is 2. The molecule has 102 valence electrons. The van der Waals surface area contributed by atoms with Crippen molar-refractivity contribution < 1.29 is 5.11 Å². The van der Waals surface area contributed by atoms with Crippen LogP contribution in [0.15, 0.2) is 42.7 Å². The first-order valence-electron chi connectivity index (χ1n) is 6.65. The van der Waals surface area contributed by atoms with Gasteiger partial charge in [0.15, 0.2) is 0 Å². The second-order valence-electron chi connectivity index (χ2n) is 5.10. The summed E-state index contributed by atoms with van der Waals surface area (Å²) in [5.41, 5.74) is 3.88. The molecule has 0 aliphatic heterocycles. The lowest BCUT2D eigenvalue weighted by Gasteiger charge is -2.09. The third-order valence-corrected chi connectivity index (χ3v) is 3.50. The highest BCUT2D eigenvalue weighted by atomic mass is 16.3. The first-order chi connectivity index (χ1) is 9.65. The predicted molar refractivity (Wildman–Crippen MR) is 78.4 cm³/mol. The molecule has 3 rings (SSSR count). The van der Waals surface area contributed by atoms with Gasteiger partial charge < -0.3 is 5.11 Å². The van der Waals surface area contributed by atoms with Gasteiger partial charge in [0.2, 0.25) is 0 Å². The smallest absolute Gasteiger partial charge is 0.0861 e. The van der Waals surface area contributed by atoms with Gasteiger partial charge in [-0.2, -0.15) is 5.10 Å². The molecular weight excluding hydrogens is 250 g/mol. The van der Waals surface area contributed by atoms with E-state index in [9.17, 15) is 5.11 Å². The van der Waals surface area contributed by atoms with E-state index >= 15 is 0 Å². The molecule has 0 amide bonds. The Kier molecular flexibility index (Phi) is 3.24. The Labute approximate surface area is 117 Å². The molecule has 0 aliphatic carbocycles. The number of rotatable bonds is 3. The maximum absolute atomic E-state index is 10.4. The zero-order valence-electron chi connectivity index (χ0n) is 11.6. The fourth-order valence-corrected chi connectivity index (χ4v) is 2.50. The lowest BCUT2D eigenvalue weighted by Crippen LogP contribution is -2.04. The Morgan fingerprint density at radius 2 is 2.05 bits per heavy atom. The first-order valence-corrected chi connectivity index (χ1v) is 6.65. The van der Waals surface area contributed by atoms with E-state index in [-0.39, 0.29) is 0 Å². The zero-order chi connectivity index (χ0) is 14.1. The Balaban J connectivity index is 1.93. The van der Waals surface area contributed by atoms with Gasteiger partial charge in [-0.3, -0.25) is 9.67 Å². The molecular formula is C16H17N3O. The molecule has 0 saturated heterocycles. The highest BCUT2D eigenvalue weighted by Crippen LogP contribution is 2.23.